The van der Waals surface area contributed by atoms with Gasteiger partial charge in [0.1, 0.15) is 0 Å². The zero-order valence-electron chi connectivity index (χ0n) is 14.7. The van der Waals surface area contributed by atoms with E-state index in [-0.39, 0.29) is 11.8 Å². The third kappa shape index (κ3) is 4.89. The molecule has 134 valence electrons. The molecule has 0 bridgehead atoms. The minimum absolute atomic E-state index is 0.137. The number of ether oxygens (including phenoxy) is 1. The molecule has 0 radical (unpaired) electrons. The molecule has 2 aromatic rings. The van der Waals surface area contributed by atoms with Crippen LogP contribution in [0.5, 0.6) is 0 Å². The van der Waals surface area contributed by atoms with E-state index in [0.717, 1.165) is 25.8 Å². The molecule has 1 saturated heterocycles. The Bertz CT molecular complexity index is 672. The molecule has 3 rings (SSSR count). The Hall–Kier alpha value is -2.21. The molecule has 25 heavy (non-hydrogen) atoms. The van der Waals surface area contributed by atoms with E-state index < -0.39 is 0 Å². The Morgan fingerprint density at radius 1 is 1.28 bits per heavy atom. The van der Waals surface area contributed by atoms with Crippen molar-refractivity contribution in [2.24, 2.45) is 0 Å². The molecule has 0 saturated carbocycles. The molecule has 1 aliphatic heterocycles. The van der Waals surface area contributed by atoms with E-state index in [4.69, 9.17) is 9.26 Å². The summed E-state index contributed by atoms with van der Waals surface area (Å²) in [7, 11) is 1.65. The highest BCUT2D eigenvalue weighted by molar-refractivity contribution is 5.77. The van der Waals surface area contributed by atoms with Gasteiger partial charge in [-0.2, -0.15) is 4.98 Å². The predicted molar refractivity (Wildman–Crippen MR) is 93.2 cm³/mol. The highest BCUT2D eigenvalue weighted by Gasteiger charge is 2.29. The molecule has 0 unspecified atom stereocenters. The van der Waals surface area contributed by atoms with Crippen LogP contribution < -0.4 is 0 Å². The van der Waals surface area contributed by atoms with E-state index in [1.807, 2.05) is 23.1 Å². The first kappa shape index (κ1) is 17.6. The zero-order chi connectivity index (χ0) is 17.5. The van der Waals surface area contributed by atoms with Crippen molar-refractivity contribution in [1.29, 1.82) is 0 Å². The van der Waals surface area contributed by atoms with Crippen molar-refractivity contribution in [1.82, 2.24) is 15.0 Å². The van der Waals surface area contributed by atoms with Gasteiger partial charge in [-0.15, -0.1) is 0 Å². The van der Waals surface area contributed by atoms with E-state index in [2.05, 4.69) is 22.3 Å². The second-order valence-corrected chi connectivity index (χ2v) is 6.46. The van der Waals surface area contributed by atoms with Gasteiger partial charge in [0.15, 0.2) is 5.82 Å². The van der Waals surface area contributed by atoms with E-state index >= 15 is 0 Å². The predicted octanol–water partition coefficient (Wildman–Crippen LogP) is 2.60. The van der Waals surface area contributed by atoms with Gasteiger partial charge in [-0.25, -0.2) is 0 Å². The fourth-order valence-corrected chi connectivity index (χ4v) is 3.18. The van der Waals surface area contributed by atoms with Crippen LogP contribution in [0.2, 0.25) is 0 Å². The quantitative estimate of drug-likeness (QED) is 0.737. The average Bonchev–Trinajstić information content (AvgIpc) is 3.11. The SMILES string of the molecule is COCCc1noc([C@H]2CCC(=O)N(CCCc3ccccc3)C2)n1. The summed E-state index contributed by atoms with van der Waals surface area (Å²) in [6.45, 7) is 2.02. The number of carbonyl (C=O) groups excluding carboxylic acids is 1. The van der Waals surface area contributed by atoms with Crippen LogP contribution >= 0.6 is 0 Å². The van der Waals surface area contributed by atoms with E-state index in [0.29, 0.717) is 37.7 Å². The lowest BCUT2D eigenvalue weighted by Gasteiger charge is -2.31. The number of carbonyl (C=O) groups is 1. The molecule has 1 atom stereocenters. The van der Waals surface area contributed by atoms with Crippen molar-refractivity contribution in [3.63, 3.8) is 0 Å². The lowest BCUT2D eigenvalue weighted by Crippen LogP contribution is -2.39. The van der Waals surface area contributed by atoms with Crippen molar-refractivity contribution in [3.05, 3.63) is 47.6 Å². The Labute approximate surface area is 148 Å². The number of hydrogen-bond donors (Lipinski definition) is 0. The first-order chi connectivity index (χ1) is 12.3. The number of likely N-dealkylation sites (tertiary alicyclic amines) is 1. The monoisotopic (exact) mass is 343 g/mol. The fourth-order valence-electron chi connectivity index (χ4n) is 3.18. The van der Waals surface area contributed by atoms with Gasteiger partial charge >= 0.3 is 0 Å². The van der Waals surface area contributed by atoms with Crippen LogP contribution in [0, 0.1) is 0 Å². The van der Waals surface area contributed by atoms with Crippen LogP contribution in [0.4, 0.5) is 0 Å². The maximum absolute atomic E-state index is 12.2. The lowest BCUT2D eigenvalue weighted by molar-refractivity contribution is -0.134. The number of amides is 1. The maximum atomic E-state index is 12.2. The summed E-state index contributed by atoms with van der Waals surface area (Å²) in [6.07, 6.45) is 3.92. The van der Waals surface area contributed by atoms with E-state index in [1.165, 1.54) is 5.56 Å². The summed E-state index contributed by atoms with van der Waals surface area (Å²) < 4.78 is 10.4. The van der Waals surface area contributed by atoms with Crippen molar-refractivity contribution in [2.75, 3.05) is 26.8 Å². The molecule has 1 fully saturated rings. The van der Waals surface area contributed by atoms with Gasteiger partial charge < -0.3 is 14.2 Å². The number of aryl methyl sites for hydroxylation is 1. The number of nitrogens with zero attached hydrogens (tertiary/aromatic N) is 3. The average molecular weight is 343 g/mol. The summed E-state index contributed by atoms with van der Waals surface area (Å²) in [6, 6.07) is 10.4. The van der Waals surface area contributed by atoms with Crippen LogP contribution in [0.25, 0.3) is 0 Å². The van der Waals surface area contributed by atoms with Gasteiger partial charge in [-0.05, 0) is 24.8 Å². The molecule has 6 nitrogen and oxygen atoms in total. The lowest BCUT2D eigenvalue weighted by atomic mass is 9.97. The van der Waals surface area contributed by atoms with Gasteiger partial charge in [-0.1, -0.05) is 35.5 Å². The summed E-state index contributed by atoms with van der Waals surface area (Å²) in [4.78, 5) is 18.6. The third-order valence-electron chi connectivity index (χ3n) is 4.60. The summed E-state index contributed by atoms with van der Waals surface area (Å²) in [5, 5.41) is 4.01. The smallest absolute Gasteiger partial charge is 0.231 e. The topological polar surface area (TPSA) is 68.5 Å². The number of piperidine rings is 1. The molecule has 1 aromatic heterocycles. The van der Waals surface area contributed by atoms with Crippen LogP contribution in [-0.2, 0) is 22.4 Å². The molecule has 0 N–H and O–H groups in total. The number of aromatic nitrogens is 2. The Kier molecular flexibility index (Phi) is 6.17. The van der Waals surface area contributed by atoms with Crippen molar-refractivity contribution in [3.8, 4) is 0 Å². The van der Waals surface area contributed by atoms with Gasteiger partial charge in [-0.3, -0.25) is 4.79 Å². The first-order valence-electron chi connectivity index (χ1n) is 8.89. The fraction of sp³-hybridized carbons (Fsp3) is 0.526. The van der Waals surface area contributed by atoms with Crippen molar-refractivity contribution in [2.45, 2.75) is 38.0 Å². The van der Waals surface area contributed by atoms with E-state index in [9.17, 15) is 4.79 Å². The molecular weight excluding hydrogens is 318 g/mol. The Morgan fingerprint density at radius 2 is 2.12 bits per heavy atom. The number of methoxy groups -OCH3 is 1. The third-order valence-corrected chi connectivity index (χ3v) is 4.60. The molecular formula is C19H25N3O3. The van der Waals surface area contributed by atoms with Crippen LogP contribution in [0.3, 0.4) is 0 Å². The molecule has 1 aromatic carbocycles. The highest BCUT2D eigenvalue weighted by Crippen LogP contribution is 2.26. The van der Waals surface area contributed by atoms with Gasteiger partial charge in [0, 0.05) is 33.0 Å². The number of hydrogen-bond acceptors (Lipinski definition) is 5. The number of benzene rings is 1. The standard InChI is InChI=1S/C19H25N3O3/c1-24-13-11-17-20-19(25-21-17)16-9-10-18(23)22(14-16)12-5-8-15-6-3-2-4-7-15/h2-4,6-7,16H,5,8-14H2,1H3/t16-/m0/s1. The maximum Gasteiger partial charge on any atom is 0.231 e. The summed E-state index contributed by atoms with van der Waals surface area (Å²) >= 11 is 0. The second-order valence-electron chi connectivity index (χ2n) is 6.46. The summed E-state index contributed by atoms with van der Waals surface area (Å²) in [5.41, 5.74) is 1.31. The molecule has 0 spiro atoms. The minimum atomic E-state index is 0.137. The largest absolute Gasteiger partial charge is 0.384 e. The molecule has 0 aliphatic carbocycles. The Morgan fingerprint density at radius 3 is 2.92 bits per heavy atom. The molecule has 6 heteroatoms. The van der Waals surface area contributed by atoms with Crippen LogP contribution in [-0.4, -0.2) is 47.8 Å². The van der Waals surface area contributed by atoms with E-state index in [1.54, 1.807) is 7.11 Å². The first-order valence-corrected chi connectivity index (χ1v) is 8.89. The van der Waals surface area contributed by atoms with Crippen molar-refractivity contribution < 1.29 is 14.1 Å². The second kappa shape index (κ2) is 8.76. The highest BCUT2D eigenvalue weighted by atomic mass is 16.5. The number of rotatable bonds is 8. The van der Waals surface area contributed by atoms with Gasteiger partial charge in [0.2, 0.25) is 11.8 Å². The van der Waals surface area contributed by atoms with Crippen LogP contribution in [0.1, 0.15) is 42.5 Å². The minimum Gasteiger partial charge on any atom is -0.384 e. The Balaban J connectivity index is 1.52. The van der Waals surface area contributed by atoms with Crippen LogP contribution in [0.15, 0.2) is 34.9 Å². The molecule has 1 aliphatic rings. The summed E-state index contributed by atoms with van der Waals surface area (Å²) in [5.74, 6) is 1.68. The van der Waals surface area contributed by atoms with Gasteiger partial charge in [0.25, 0.3) is 0 Å². The molecule has 2 heterocycles. The normalized spacial score (nSPS) is 17.9. The molecule has 1 amide bonds. The zero-order valence-corrected chi connectivity index (χ0v) is 14.7. The van der Waals surface area contributed by atoms with Gasteiger partial charge in [0.05, 0.1) is 12.5 Å². The van der Waals surface area contributed by atoms with Crippen molar-refractivity contribution >= 4 is 5.91 Å².